The number of hydrogen-bond donors (Lipinski definition) is 0. The molecular formula is C17H25N5O. The van der Waals surface area contributed by atoms with Crippen LogP contribution >= 0.6 is 0 Å². The summed E-state index contributed by atoms with van der Waals surface area (Å²) in [5.74, 6) is 2.76. The largest absolute Gasteiger partial charge is 0.446 e. The van der Waals surface area contributed by atoms with Crippen molar-refractivity contribution < 1.29 is 4.42 Å². The van der Waals surface area contributed by atoms with E-state index >= 15 is 0 Å². The van der Waals surface area contributed by atoms with Gasteiger partial charge in [-0.05, 0) is 19.8 Å². The molecule has 2 aromatic heterocycles. The maximum absolute atomic E-state index is 5.54. The number of hydrogen-bond acceptors (Lipinski definition) is 6. The third-order valence-corrected chi connectivity index (χ3v) is 4.60. The highest BCUT2D eigenvalue weighted by atomic mass is 16.3. The van der Waals surface area contributed by atoms with Gasteiger partial charge in [0.15, 0.2) is 5.89 Å². The summed E-state index contributed by atoms with van der Waals surface area (Å²) in [6, 6.07) is 2.60. The second kappa shape index (κ2) is 7.08. The lowest BCUT2D eigenvalue weighted by molar-refractivity contribution is 0.209. The zero-order chi connectivity index (χ0) is 16.2. The van der Waals surface area contributed by atoms with E-state index in [4.69, 9.17) is 4.42 Å². The molecule has 0 amide bonds. The average Bonchev–Trinajstić information content (AvgIpc) is 2.98. The molecule has 3 rings (SSSR count). The summed E-state index contributed by atoms with van der Waals surface area (Å²) in [6.45, 7) is 7.17. The molecule has 124 valence electrons. The maximum Gasteiger partial charge on any atom is 0.191 e. The topological polar surface area (TPSA) is 58.3 Å². The maximum atomic E-state index is 5.54. The van der Waals surface area contributed by atoms with Crippen LogP contribution in [-0.2, 0) is 6.42 Å². The fourth-order valence-electron chi connectivity index (χ4n) is 3.14. The zero-order valence-electron chi connectivity index (χ0n) is 14.2. The monoisotopic (exact) mass is 315 g/mol. The Hall–Kier alpha value is -1.95. The van der Waals surface area contributed by atoms with E-state index in [0.717, 1.165) is 62.1 Å². The summed E-state index contributed by atoms with van der Waals surface area (Å²) < 4.78 is 5.54. The molecule has 0 spiro atoms. The van der Waals surface area contributed by atoms with Crippen molar-refractivity contribution in [1.82, 2.24) is 19.9 Å². The van der Waals surface area contributed by atoms with Gasteiger partial charge in [-0.1, -0.05) is 0 Å². The molecule has 23 heavy (non-hydrogen) atoms. The molecular weight excluding hydrogens is 290 g/mol. The fraction of sp³-hybridized carbons (Fsp3) is 0.588. The highest BCUT2D eigenvalue weighted by Crippen LogP contribution is 2.20. The summed E-state index contributed by atoms with van der Waals surface area (Å²) in [6.07, 6.45) is 6.75. The molecule has 0 radical (unpaired) electrons. The Morgan fingerprint density at radius 2 is 2.00 bits per heavy atom. The van der Waals surface area contributed by atoms with Gasteiger partial charge in [0.25, 0.3) is 0 Å². The fourth-order valence-corrected chi connectivity index (χ4v) is 3.14. The van der Waals surface area contributed by atoms with Crippen molar-refractivity contribution >= 4 is 5.82 Å². The Morgan fingerprint density at radius 1 is 1.22 bits per heavy atom. The summed E-state index contributed by atoms with van der Waals surface area (Å²) in [7, 11) is 2.14. The van der Waals surface area contributed by atoms with Crippen LogP contribution in [-0.4, -0.2) is 52.6 Å². The summed E-state index contributed by atoms with van der Waals surface area (Å²) >= 11 is 0. The molecule has 6 nitrogen and oxygen atoms in total. The minimum Gasteiger partial charge on any atom is -0.446 e. The summed E-state index contributed by atoms with van der Waals surface area (Å²) in [5.41, 5.74) is 1.02. The normalized spacial score (nSPS) is 16.7. The van der Waals surface area contributed by atoms with Crippen LogP contribution in [0.25, 0.3) is 0 Å². The molecule has 1 aliphatic rings. The predicted molar refractivity (Wildman–Crippen MR) is 89.6 cm³/mol. The molecule has 2 aromatic rings. The first-order chi connectivity index (χ1) is 11.1. The minimum absolute atomic E-state index is 0.549. The van der Waals surface area contributed by atoms with E-state index in [1.807, 2.05) is 20.0 Å². The quantitative estimate of drug-likeness (QED) is 0.843. The number of aromatic nitrogens is 3. The Labute approximate surface area is 137 Å². The zero-order valence-corrected chi connectivity index (χ0v) is 14.2. The third-order valence-electron chi connectivity index (χ3n) is 4.60. The van der Waals surface area contributed by atoms with Gasteiger partial charge in [-0.25, -0.2) is 15.0 Å². The standard InChI is InChI=1S/C17H25N5O/c1-13-10-17(20-12-19-13)21(3)15-4-7-22(8-5-15)9-6-16-11-18-14(2)23-16/h10-12,15H,4-9H2,1-3H3. The van der Waals surface area contributed by atoms with Crippen LogP contribution in [0.4, 0.5) is 5.82 Å². The van der Waals surface area contributed by atoms with Gasteiger partial charge in [0.1, 0.15) is 17.9 Å². The number of anilines is 1. The minimum atomic E-state index is 0.549. The molecule has 0 aliphatic carbocycles. The van der Waals surface area contributed by atoms with E-state index in [1.165, 1.54) is 0 Å². The van der Waals surface area contributed by atoms with Crippen LogP contribution in [0.3, 0.4) is 0 Å². The van der Waals surface area contributed by atoms with Crippen molar-refractivity contribution in [3.05, 3.63) is 35.9 Å². The van der Waals surface area contributed by atoms with Crippen LogP contribution < -0.4 is 4.90 Å². The van der Waals surface area contributed by atoms with Crippen molar-refractivity contribution in [3.8, 4) is 0 Å². The van der Waals surface area contributed by atoms with Gasteiger partial charge >= 0.3 is 0 Å². The average molecular weight is 315 g/mol. The molecule has 0 bridgehead atoms. The SMILES string of the molecule is Cc1cc(N(C)C2CCN(CCc3cnc(C)o3)CC2)ncn1. The molecule has 1 saturated heterocycles. The van der Waals surface area contributed by atoms with Gasteiger partial charge in [0, 0.05) is 57.8 Å². The Balaban J connectivity index is 1.48. The highest BCUT2D eigenvalue weighted by molar-refractivity contribution is 5.39. The number of nitrogens with zero attached hydrogens (tertiary/aromatic N) is 5. The molecule has 1 fully saturated rings. The van der Waals surface area contributed by atoms with E-state index in [1.54, 1.807) is 6.33 Å². The number of likely N-dealkylation sites (tertiary alicyclic amines) is 1. The second-order valence-electron chi connectivity index (χ2n) is 6.30. The predicted octanol–water partition coefficient (Wildman–Crippen LogP) is 2.22. The van der Waals surface area contributed by atoms with Crippen LogP contribution in [0, 0.1) is 13.8 Å². The van der Waals surface area contributed by atoms with E-state index in [2.05, 4.69) is 37.9 Å². The van der Waals surface area contributed by atoms with E-state index in [0.29, 0.717) is 6.04 Å². The van der Waals surface area contributed by atoms with Gasteiger partial charge in [-0.3, -0.25) is 0 Å². The van der Waals surface area contributed by atoms with Crippen molar-refractivity contribution in [2.45, 2.75) is 39.2 Å². The molecule has 0 N–H and O–H groups in total. The second-order valence-corrected chi connectivity index (χ2v) is 6.30. The number of rotatable bonds is 5. The van der Waals surface area contributed by atoms with Crippen molar-refractivity contribution in [2.75, 3.05) is 31.6 Å². The smallest absolute Gasteiger partial charge is 0.191 e. The third kappa shape index (κ3) is 4.07. The Bertz CT molecular complexity index is 633. The summed E-state index contributed by atoms with van der Waals surface area (Å²) in [4.78, 5) is 17.5. The molecule has 0 aromatic carbocycles. The number of aryl methyl sites for hydroxylation is 2. The van der Waals surface area contributed by atoms with Crippen LogP contribution in [0.1, 0.15) is 30.2 Å². The number of oxazole rings is 1. The molecule has 0 saturated carbocycles. The summed E-state index contributed by atoms with van der Waals surface area (Å²) in [5, 5.41) is 0. The van der Waals surface area contributed by atoms with Crippen LogP contribution in [0.15, 0.2) is 23.0 Å². The van der Waals surface area contributed by atoms with E-state index in [-0.39, 0.29) is 0 Å². The Kier molecular flexibility index (Phi) is 4.91. The number of piperidine rings is 1. The first kappa shape index (κ1) is 15.9. The molecule has 0 atom stereocenters. The van der Waals surface area contributed by atoms with Crippen molar-refractivity contribution in [1.29, 1.82) is 0 Å². The Morgan fingerprint density at radius 3 is 2.65 bits per heavy atom. The first-order valence-electron chi connectivity index (χ1n) is 8.27. The lowest BCUT2D eigenvalue weighted by Crippen LogP contribution is -2.44. The van der Waals surface area contributed by atoms with Crippen LogP contribution in [0.5, 0.6) is 0 Å². The highest BCUT2D eigenvalue weighted by Gasteiger charge is 2.23. The van der Waals surface area contributed by atoms with Gasteiger partial charge < -0.3 is 14.2 Å². The molecule has 6 heteroatoms. The van der Waals surface area contributed by atoms with Gasteiger partial charge in [-0.15, -0.1) is 0 Å². The lowest BCUT2D eigenvalue weighted by atomic mass is 10.0. The van der Waals surface area contributed by atoms with Crippen LogP contribution in [0.2, 0.25) is 0 Å². The molecule has 1 aliphatic heterocycles. The molecule has 0 unspecified atom stereocenters. The van der Waals surface area contributed by atoms with E-state index < -0.39 is 0 Å². The van der Waals surface area contributed by atoms with Crippen molar-refractivity contribution in [2.24, 2.45) is 0 Å². The van der Waals surface area contributed by atoms with Gasteiger partial charge in [-0.2, -0.15) is 0 Å². The van der Waals surface area contributed by atoms with E-state index in [9.17, 15) is 0 Å². The first-order valence-corrected chi connectivity index (χ1v) is 8.27. The lowest BCUT2D eigenvalue weighted by Gasteiger charge is -2.37. The van der Waals surface area contributed by atoms with Gasteiger partial charge in [0.05, 0.1) is 6.20 Å². The van der Waals surface area contributed by atoms with Crippen molar-refractivity contribution in [3.63, 3.8) is 0 Å². The molecule has 3 heterocycles. The van der Waals surface area contributed by atoms with Gasteiger partial charge in [0.2, 0.25) is 0 Å².